The Balaban J connectivity index is 2.43. The van der Waals surface area contributed by atoms with E-state index in [-0.39, 0.29) is 0 Å². The van der Waals surface area contributed by atoms with Crippen molar-refractivity contribution in [3.63, 3.8) is 0 Å². The Bertz CT molecular complexity index is 202. The normalized spacial score (nSPS) is 21.7. The van der Waals surface area contributed by atoms with E-state index < -0.39 is 0 Å². The van der Waals surface area contributed by atoms with Gasteiger partial charge in [0.1, 0.15) is 0 Å². The minimum atomic E-state index is 0.417. The first-order chi connectivity index (χ1) is 8.13. The Morgan fingerprint density at radius 1 is 1.29 bits per heavy atom. The highest BCUT2D eigenvalue weighted by Gasteiger charge is 2.32. The van der Waals surface area contributed by atoms with Crippen LogP contribution in [0.25, 0.3) is 0 Å². The van der Waals surface area contributed by atoms with E-state index in [0.29, 0.717) is 11.5 Å². The summed E-state index contributed by atoms with van der Waals surface area (Å²) < 4.78 is 0. The topological polar surface area (TPSA) is 29.3 Å². The highest BCUT2D eigenvalue weighted by Crippen LogP contribution is 2.36. The molecule has 1 fully saturated rings. The summed E-state index contributed by atoms with van der Waals surface area (Å²) in [6.45, 7) is 4.41. The third-order valence-electron chi connectivity index (χ3n) is 4.42. The first kappa shape index (κ1) is 15.3. The molecule has 1 aliphatic carbocycles. The molecule has 0 aliphatic heterocycles. The van der Waals surface area contributed by atoms with Gasteiger partial charge < -0.3 is 10.6 Å². The van der Waals surface area contributed by atoms with E-state index >= 15 is 0 Å². The van der Waals surface area contributed by atoms with Gasteiger partial charge in [-0.25, -0.2) is 0 Å². The molecular weight excluding hydrogens is 228 g/mol. The van der Waals surface area contributed by atoms with Gasteiger partial charge in [-0.05, 0) is 57.2 Å². The summed E-state index contributed by atoms with van der Waals surface area (Å²) in [5.74, 6) is 1.27. The lowest BCUT2D eigenvalue weighted by Crippen LogP contribution is -2.45. The number of hydrogen-bond donors (Lipinski definition) is 1. The average molecular weight is 258 g/mol. The maximum absolute atomic E-state index is 6.06. The van der Waals surface area contributed by atoms with Crippen LogP contribution in [0.4, 0.5) is 0 Å². The molecule has 17 heavy (non-hydrogen) atoms. The van der Waals surface area contributed by atoms with Crippen molar-refractivity contribution >= 4 is 11.8 Å². The quantitative estimate of drug-likeness (QED) is 0.761. The lowest BCUT2D eigenvalue weighted by atomic mass is 9.73. The van der Waals surface area contributed by atoms with Crippen molar-refractivity contribution < 1.29 is 0 Å². The minimum Gasteiger partial charge on any atom is -0.330 e. The molecule has 1 rings (SSSR count). The van der Waals surface area contributed by atoms with Crippen molar-refractivity contribution in [3.8, 4) is 0 Å². The molecule has 1 unspecified atom stereocenters. The molecule has 0 saturated heterocycles. The lowest BCUT2D eigenvalue weighted by molar-refractivity contribution is 0.105. The molecule has 102 valence electrons. The minimum absolute atomic E-state index is 0.417. The van der Waals surface area contributed by atoms with Crippen LogP contribution in [0.5, 0.6) is 0 Å². The zero-order valence-corrected chi connectivity index (χ0v) is 12.7. The van der Waals surface area contributed by atoms with E-state index in [9.17, 15) is 0 Å². The summed E-state index contributed by atoms with van der Waals surface area (Å²) in [6, 6.07) is 0.688. The number of rotatable bonds is 7. The van der Waals surface area contributed by atoms with Gasteiger partial charge in [-0.3, -0.25) is 0 Å². The van der Waals surface area contributed by atoms with Crippen LogP contribution in [-0.4, -0.2) is 43.1 Å². The largest absolute Gasteiger partial charge is 0.330 e. The van der Waals surface area contributed by atoms with Gasteiger partial charge in [0, 0.05) is 12.6 Å². The monoisotopic (exact) mass is 258 g/mol. The van der Waals surface area contributed by atoms with Crippen LogP contribution >= 0.6 is 11.8 Å². The molecule has 0 bridgehead atoms. The fraction of sp³-hybridized carbons (Fsp3) is 1.00. The first-order valence-corrected chi connectivity index (χ1v) is 8.42. The highest BCUT2D eigenvalue weighted by molar-refractivity contribution is 7.98. The molecule has 2 nitrogen and oxygen atoms in total. The summed E-state index contributed by atoms with van der Waals surface area (Å²) in [7, 11) is 2.27. The zero-order valence-electron chi connectivity index (χ0n) is 11.9. The van der Waals surface area contributed by atoms with E-state index in [0.717, 1.165) is 6.54 Å². The second kappa shape index (κ2) is 7.65. The molecule has 1 saturated carbocycles. The predicted molar refractivity (Wildman–Crippen MR) is 79.7 cm³/mol. The summed E-state index contributed by atoms with van der Waals surface area (Å²) in [5, 5.41) is 0. The van der Waals surface area contributed by atoms with E-state index in [2.05, 4.69) is 25.1 Å². The van der Waals surface area contributed by atoms with E-state index in [1.807, 2.05) is 11.8 Å². The van der Waals surface area contributed by atoms with Crippen LogP contribution in [-0.2, 0) is 0 Å². The summed E-state index contributed by atoms with van der Waals surface area (Å²) in [5.41, 5.74) is 6.47. The van der Waals surface area contributed by atoms with Crippen LogP contribution in [0.3, 0.4) is 0 Å². The van der Waals surface area contributed by atoms with Gasteiger partial charge >= 0.3 is 0 Å². The van der Waals surface area contributed by atoms with Crippen molar-refractivity contribution in [2.24, 2.45) is 11.1 Å². The third-order valence-corrected chi connectivity index (χ3v) is 5.07. The van der Waals surface area contributed by atoms with Gasteiger partial charge in [-0.15, -0.1) is 0 Å². The van der Waals surface area contributed by atoms with Crippen LogP contribution in [0.15, 0.2) is 0 Å². The molecule has 0 amide bonds. The standard InChI is InChI=1S/C14H30N2S/c1-13(7-10-17-3)16(2)12-14(11-15)8-5-4-6-9-14/h13H,4-12,15H2,1-3H3. The third kappa shape index (κ3) is 4.80. The fourth-order valence-electron chi connectivity index (χ4n) is 2.92. The smallest absolute Gasteiger partial charge is 0.00719 e. The van der Waals surface area contributed by atoms with Gasteiger partial charge in [0.15, 0.2) is 0 Å². The Kier molecular flexibility index (Phi) is 6.90. The van der Waals surface area contributed by atoms with Crippen molar-refractivity contribution in [2.75, 3.05) is 32.1 Å². The molecule has 0 spiro atoms. The van der Waals surface area contributed by atoms with Crippen molar-refractivity contribution in [3.05, 3.63) is 0 Å². The molecule has 0 aromatic carbocycles. The van der Waals surface area contributed by atoms with Gasteiger partial charge in [-0.2, -0.15) is 11.8 Å². The summed E-state index contributed by atoms with van der Waals surface area (Å²) in [4.78, 5) is 2.54. The number of nitrogens with two attached hydrogens (primary N) is 1. The number of nitrogens with zero attached hydrogens (tertiary/aromatic N) is 1. The van der Waals surface area contributed by atoms with Crippen LogP contribution in [0.2, 0.25) is 0 Å². The maximum Gasteiger partial charge on any atom is 0.00719 e. The Morgan fingerprint density at radius 3 is 2.47 bits per heavy atom. The highest BCUT2D eigenvalue weighted by atomic mass is 32.2. The second-order valence-corrected chi connectivity index (χ2v) is 6.80. The van der Waals surface area contributed by atoms with Crippen LogP contribution in [0, 0.1) is 5.41 Å². The van der Waals surface area contributed by atoms with E-state index in [4.69, 9.17) is 5.73 Å². The molecule has 0 aromatic heterocycles. The maximum atomic E-state index is 6.06. The van der Waals surface area contributed by atoms with Gasteiger partial charge in [0.05, 0.1) is 0 Å². The lowest BCUT2D eigenvalue weighted by Gasteiger charge is -2.41. The summed E-state index contributed by atoms with van der Waals surface area (Å²) >= 11 is 1.95. The molecule has 0 radical (unpaired) electrons. The van der Waals surface area contributed by atoms with E-state index in [1.165, 1.54) is 50.8 Å². The molecule has 2 N–H and O–H groups in total. The number of thioether (sulfide) groups is 1. The van der Waals surface area contributed by atoms with Crippen molar-refractivity contribution in [1.82, 2.24) is 4.90 Å². The Labute approximate surface area is 112 Å². The second-order valence-electron chi connectivity index (χ2n) is 5.81. The van der Waals surface area contributed by atoms with Gasteiger partial charge in [0.25, 0.3) is 0 Å². The Morgan fingerprint density at radius 2 is 1.94 bits per heavy atom. The van der Waals surface area contributed by atoms with Crippen LogP contribution in [0.1, 0.15) is 45.4 Å². The molecule has 1 atom stereocenters. The summed E-state index contributed by atoms with van der Waals surface area (Å²) in [6.07, 6.45) is 10.3. The SMILES string of the molecule is CSCCC(C)N(C)CC1(CN)CCCCC1. The average Bonchev–Trinajstić information content (AvgIpc) is 2.36. The van der Waals surface area contributed by atoms with Gasteiger partial charge in [0.2, 0.25) is 0 Å². The van der Waals surface area contributed by atoms with Crippen molar-refractivity contribution in [1.29, 1.82) is 0 Å². The predicted octanol–water partition coefficient (Wildman–Crippen LogP) is 2.97. The van der Waals surface area contributed by atoms with E-state index in [1.54, 1.807) is 0 Å². The van der Waals surface area contributed by atoms with Gasteiger partial charge in [-0.1, -0.05) is 19.3 Å². The molecule has 0 aromatic rings. The zero-order chi connectivity index (χ0) is 12.7. The fourth-order valence-corrected chi connectivity index (χ4v) is 3.50. The molecule has 3 heteroatoms. The Hall–Kier alpha value is 0.270. The molecule has 0 heterocycles. The van der Waals surface area contributed by atoms with Crippen LogP contribution < -0.4 is 5.73 Å². The molecule has 1 aliphatic rings. The van der Waals surface area contributed by atoms with Crippen molar-refractivity contribution in [2.45, 2.75) is 51.5 Å². The molecular formula is C14H30N2S. The number of hydrogen-bond acceptors (Lipinski definition) is 3. The first-order valence-electron chi connectivity index (χ1n) is 7.03.